The van der Waals surface area contributed by atoms with E-state index in [1.807, 2.05) is 37.3 Å². The van der Waals surface area contributed by atoms with Crippen LogP contribution in [0.3, 0.4) is 0 Å². The molecule has 8 heteroatoms. The molecule has 0 atom stereocenters. The fourth-order valence-corrected chi connectivity index (χ4v) is 2.87. The Balaban J connectivity index is 0.00000450. The Labute approximate surface area is 196 Å². The molecule has 0 aliphatic heterocycles. The zero-order valence-electron chi connectivity index (χ0n) is 18.1. The maximum absolute atomic E-state index is 5.98. The molecule has 0 aliphatic carbocycles. The summed E-state index contributed by atoms with van der Waals surface area (Å²) in [6, 6.07) is 11.7. The van der Waals surface area contributed by atoms with E-state index in [2.05, 4.69) is 16.4 Å². The molecule has 0 fully saturated rings. The molecule has 0 saturated heterocycles. The Kier molecular flexibility index (Phi) is 11.8. The van der Waals surface area contributed by atoms with Gasteiger partial charge in [0.15, 0.2) is 29.0 Å². The number of hydrogen-bond acceptors (Lipinski definition) is 5. The topological polar surface area (TPSA) is 87.3 Å². The molecule has 0 amide bonds. The van der Waals surface area contributed by atoms with Crippen molar-refractivity contribution < 1.29 is 18.9 Å². The van der Waals surface area contributed by atoms with Crippen molar-refractivity contribution in [2.45, 2.75) is 26.3 Å². The molecule has 2 rings (SSSR count). The second-order valence-corrected chi connectivity index (χ2v) is 6.34. The van der Waals surface area contributed by atoms with Crippen LogP contribution in [0.5, 0.6) is 23.0 Å². The third-order valence-electron chi connectivity index (χ3n) is 4.36. The van der Waals surface area contributed by atoms with Crippen molar-refractivity contribution in [3.8, 4) is 23.0 Å². The lowest BCUT2D eigenvalue weighted by atomic mass is 10.1. The van der Waals surface area contributed by atoms with Crippen LogP contribution in [0, 0.1) is 0 Å². The summed E-state index contributed by atoms with van der Waals surface area (Å²) in [5, 5.41) is 3.15. The highest BCUT2D eigenvalue weighted by Crippen LogP contribution is 2.29. The summed E-state index contributed by atoms with van der Waals surface area (Å²) in [4.78, 5) is 4.38. The molecule has 0 radical (unpaired) electrons. The quantitative estimate of drug-likeness (QED) is 0.200. The van der Waals surface area contributed by atoms with Crippen molar-refractivity contribution >= 4 is 29.9 Å². The van der Waals surface area contributed by atoms with E-state index in [0.717, 1.165) is 36.4 Å². The van der Waals surface area contributed by atoms with Crippen molar-refractivity contribution in [2.75, 3.05) is 34.5 Å². The number of aliphatic imine (C=N–C) groups is 1. The van der Waals surface area contributed by atoms with Gasteiger partial charge in [0.05, 0.1) is 34.5 Å². The predicted molar refractivity (Wildman–Crippen MR) is 131 cm³/mol. The number of rotatable bonds is 11. The van der Waals surface area contributed by atoms with E-state index in [-0.39, 0.29) is 24.0 Å². The highest BCUT2D eigenvalue weighted by atomic mass is 127. The first-order chi connectivity index (χ1) is 14.1. The van der Waals surface area contributed by atoms with Gasteiger partial charge in [0.1, 0.15) is 0 Å². The highest BCUT2D eigenvalue weighted by molar-refractivity contribution is 14.0. The minimum absolute atomic E-state index is 0. The highest BCUT2D eigenvalue weighted by Gasteiger charge is 2.06. The Hall–Kier alpha value is -2.36. The zero-order valence-corrected chi connectivity index (χ0v) is 20.4. The number of ether oxygens (including phenoxy) is 4. The summed E-state index contributed by atoms with van der Waals surface area (Å²) in [5.41, 5.74) is 8.16. The lowest BCUT2D eigenvalue weighted by Crippen LogP contribution is -2.32. The third-order valence-corrected chi connectivity index (χ3v) is 4.36. The number of methoxy groups -OCH3 is 3. The van der Waals surface area contributed by atoms with Crippen LogP contribution in [0.1, 0.15) is 24.5 Å². The summed E-state index contributed by atoms with van der Waals surface area (Å²) in [5.74, 6) is 3.32. The minimum Gasteiger partial charge on any atom is -0.493 e. The molecule has 0 aliphatic rings. The van der Waals surface area contributed by atoms with Gasteiger partial charge in [0, 0.05) is 6.54 Å². The molecule has 2 aromatic carbocycles. The van der Waals surface area contributed by atoms with Gasteiger partial charge >= 0.3 is 0 Å². The van der Waals surface area contributed by atoms with Crippen LogP contribution in [-0.2, 0) is 13.0 Å². The van der Waals surface area contributed by atoms with Gasteiger partial charge in [-0.25, -0.2) is 4.99 Å². The van der Waals surface area contributed by atoms with Crippen molar-refractivity contribution in [1.29, 1.82) is 0 Å². The summed E-state index contributed by atoms with van der Waals surface area (Å²) < 4.78 is 21.5. The molecule has 2 aromatic rings. The molecular formula is C22H32IN3O4. The van der Waals surface area contributed by atoms with Crippen LogP contribution in [0.15, 0.2) is 41.4 Å². The fourth-order valence-electron chi connectivity index (χ4n) is 2.87. The van der Waals surface area contributed by atoms with Gasteiger partial charge in [0.2, 0.25) is 0 Å². The van der Waals surface area contributed by atoms with Crippen LogP contribution < -0.4 is 30.0 Å². The third kappa shape index (κ3) is 7.81. The number of hydrogen-bond donors (Lipinski definition) is 2. The number of nitrogens with zero attached hydrogens (tertiary/aromatic N) is 1. The Bertz CT molecular complexity index is 815. The van der Waals surface area contributed by atoms with Crippen LogP contribution in [-0.4, -0.2) is 40.4 Å². The molecular weight excluding hydrogens is 497 g/mol. The van der Waals surface area contributed by atoms with E-state index < -0.39 is 0 Å². The van der Waals surface area contributed by atoms with Gasteiger partial charge in [-0.05, 0) is 55.2 Å². The van der Waals surface area contributed by atoms with Crippen LogP contribution >= 0.6 is 24.0 Å². The average molecular weight is 529 g/mol. The minimum atomic E-state index is 0. The van der Waals surface area contributed by atoms with Crippen molar-refractivity contribution in [1.82, 2.24) is 5.32 Å². The van der Waals surface area contributed by atoms with Gasteiger partial charge < -0.3 is 30.0 Å². The van der Waals surface area contributed by atoms with Crippen molar-refractivity contribution in [3.05, 3.63) is 47.5 Å². The lowest BCUT2D eigenvalue weighted by molar-refractivity contribution is 0.310. The second kappa shape index (κ2) is 13.8. The fraction of sp³-hybridized carbons (Fsp3) is 0.409. The first kappa shape index (κ1) is 25.7. The maximum Gasteiger partial charge on any atom is 0.188 e. The van der Waals surface area contributed by atoms with Crippen molar-refractivity contribution in [2.24, 2.45) is 10.7 Å². The van der Waals surface area contributed by atoms with E-state index in [1.54, 1.807) is 21.3 Å². The molecule has 0 unspecified atom stereocenters. The second-order valence-electron chi connectivity index (χ2n) is 6.34. The average Bonchev–Trinajstić information content (AvgIpc) is 2.75. The molecule has 7 nitrogen and oxygen atoms in total. The van der Waals surface area contributed by atoms with E-state index in [4.69, 9.17) is 24.7 Å². The monoisotopic (exact) mass is 529 g/mol. The number of halogens is 1. The Morgan fingerprint density at radius 3 is 2.13 bits per heavy atom. The first-order valence-electron chi connectivity index (χ1n) is 9.65. The summed E-state index contributed by atoms with van der Waals surface area (Å²) in [6.07, 6.45) is 1.82. The smallest absolute Gasteiger partial charge is 0.188 e. The largest absolute Gasteiger partial charge is 0.493 e. The maximum atomic E-state index is 5.98. The van der Waals surface area contributed by atoms with Gasteiger partial charge in [0.25, 0.3) is 0 Å². The van der Waals surface area contributed by atoms with Crippen LogP contribution in [0.2, 0.25) is 0 Å². The van der Waals surface area contributed by atoms with E-state index in [9.17, 15) is 0 Å². The van der Waals surface area contributed by atoms with Crippen LogP contribution in [0.4, 0.5) is 0 Å². The Morgan fingerprint density at radius 1 is 0.900 bits per heavy atom. The van der Waals surface area contributed by atoms with Gasteiger partial charge in [-0.1, -0.05) is 12.1 Å². The molecule has 30 heavy (non-hydrogen) atoms. The van der Waals surface area contributed by atoms with Gasteiger partial charge in [-0.15, -0.1) is 24.0 Å². The number of guanidine groups is 1. The van der Waals surface area contributed by atoms with Gasteiger partial charge in [-0.3, -0.25) is 0 Å². The molecule has 0 heterocycles. The number of nitrogens with one attached hydrogen (secondary N) is 1. The normalized spacial score (nSPS) is 10.7. The predicted octanol–water partition coefficient (Wildman–Crippen LogP) is 3.77. The standard InChI is InChI=1S/C22H31N3O4.HI/c1-5-29-21-13-16(8-10-19(21)27-3)7-6-12-24-22(23)25-15-17-9-11-18(26-2)20(14-17)28-4;/h8-11,13-14H,5-7,12,15H2,1-4H3,(H3,23,24,25);1H. The molecule has 166 valence electrons. The molecule has 0 aromatic heterocycles. The van der Waals surface area contributed by atoms with Crippen molar-refractivity contribution in [3.63, 3.8) is 0 Å². The lowest BCUT2D eigenvalue weighted by Gasteiger charge is -2.11. The SMILES string of the molecule is CCOc1cc(CCCNC(N)=NCc2ccc(OC)c(OC)c2)ccc1OC.I. The summed E-state index contributed by atoms with van der Waals surface area (Å²) in [6.45, 7) is 3.77. The first-order valence-corrected chi connectivity index (χ1v) is 9.65. The van der Waals surface area contributed by atoms with Crippen LogP contribution in [0.25, 0.3) is 0 Å². The summed E-state index contributed by atoms with van der Waals surface area (Å²) >= 11 is 0. The number of aryl methyl sites for hydroxylation is 1. The van der Waals surface area contributed by atoms with E-state index >= 15 is 0 Å². The number of benzene rings is 2. The molecule has 3 N–H and O–H groups in total. The summed E-state index contributed by atoms with van der Waals surface area (Å²) in [7, 11) is 4.87. The molecule has 0 saturated carbocycles. The Morgan fingerprint density at radius 2 is 1.50 bits per heavy atom. The number of nitrogens with two attached hydrogens (primary N) is 1. The van der Waals surface area contributed by atoms with Gasteiger partial charge in [-0.2, -0.15) is 0 Å². The van der Waals surface area contributed by atoms with E-state index in [1.165, 1.54) is 5.56 Å². The molecule has 0 spiro atoms. The zero-order chi connectivity index (χ0) is 21.1. The molecule has 0 bridgehead atoms. The van der Waals surface area contributed by atoms with E-state index in [0.29, 0.717) is 30.6 Å².